The van der Waals surface area contributed by atoms with Gasteiger partial charge in [0.1, 0.15) is 11.9 Å². The predicted octanol–water partition coefficient (Wildman–Crippen LogP) is 3.75. The van der Waals surface area contributed by atoms with E-state index < -0.39 is 0 Å². The molecule has 1 aromatic carbocycles. The van der Waals surface area contributed by atoms with Crippen LogP contribution in [-0.4, -0.2) is 12.1 Å². The van der Waals surface area contributed by atoms with E-state index in [1.165, 1.54) is 12.0 Å². The van der Waals surface area contributed by atoms with Gasteiger partial charge in [0.2, 0.25) is 0 Å². The number of rotatable bonds is 3. The van der Waals surface area contributed by atoms with Gasteiger partial charge in [-0.1, -0.05) is 26.3 Å². The van der Waals surface area contributed by atoms with Crippen LogP contribution in [0, 0.1) is 6.92 Å². The molecule has 0 radical (unpaired) electrons. The van der Waals surface area contributed by atoms with Gasteiger partial charge in [-0.05, 0) is 37.5 Å². The summed E-state index contributed by atoms with van der Waals surface area (Å²) in [6.07, 6.45) is 3.73. The van der Waals surface area contributed by atoms with Crippen LogP contribution in [0.15, 0.2) is 18.2 Å². The van der Waals surface area contributed by atoms with Gasteiger partial charge in [0.25, 0.3) is 0 Å². The van der Waals surface area contributed by atoms with Crippen LogP contribution in [0.1, 0.15) is 38.7 Å². The third kappa shape index (κ3) is 2.16. The molecule has 0 saturated heterocycles. The molecule has 2 atom stereocenters. The zero-order valence-corrected chi connectivity index (χ0v) is 10.4. The second-order valence-corrected chi connectivity index (χ2v) is 4.60. The Hall–Kier alpha value is -1.18. The number of hydrogen-bond donors (Lipinski definition) is 1. The summed E-state index contributed by atoms with van der Waals surface area (Å²) in [4.78, 5) is 0. The maximum absolute atomic E-state index is 6.07. The van der Waals surface area contributed by atoms with Crippen molar-refractivity contribution < 1.29 is 4.74 Å². The monoisotopic (exact) mass is 219 g/mol. The minimum absolute atomic E-state index is 0.324. The van der Waals surface area contributed by atoms with Gasteiger partial charge >= 0.3 is 0 Å². The van der Waals surface area contributed by atoms with Gasteiger partial charge in [0.15, 0.2) is 0 Å². The van der Waals surface area contributed by atoms with E-state index in [4.69, 9.17) is 4.74 Å². The Labute approximate surface area is 98.0 Å². The van der Waals surface area contributed by atoms with Crippen molar-refractivity contribution >= 4 is 5.69 Å². The summed E-state index contributed by atoms with van der Waals surface area (Å²) in [5.41, 5.74) is 2.43. The molecule has 88 valence electrons. The van der Waals surface area contributed by atoms with Gasteiger partial charge in [-0.25, -0.2) is 0 Å². The van der Waals surface area contributed by atoms with Crippen molar-refractivity contribution in [3.63, 3.8) is 0 Å². The van der Waals surface area contributed by atoms with Crippen molar-refractivity contribution in [2.24, 2.45) is 0 Å². The summed E-state index contributed by atoms with van der Waals surface area (Å²) >= 11 is 0. The molecule has 2 unspecified atom stereocenters. The molecule has 0 aliphatic carbocycles. The lowest BCUT2D eigenvalue weighted by molar-refractivity contribution is 0.155. The highest BCUT2D eigenvalue weighted by Gasteiger charge is 2.27. The first-order valence-corrected chi connectivity index (χ1v) is 6.28. The Balaban J connectivity index is 2.23. The first-order valence-electron chi connectivity index (χ1n) is 6.28. The molecule has 0 amide bonds. The van der Waals surface area contributed by atoms with Crippen LogP contribution in [0.25, 0.3) is 0 Å². The summed E-state index contributed by atoms with van der Waals surface area (Å²) < 4.78 is 6.07. The molecule has 2 rings (SSSR count). The quantitative estimate of drug-likeness (QED) is 0.836. The fourth-order valence-electron chi connectivity index (χ4n) is 2.31. The van der Waals surface area contributed by atoms with E-state index in [0.717, 1.165) is 24.3 Å². The van der Waals surface area contributed by atoms with Gasteiger partial charge in [-0.3, -0.25) is 0 Å². The van der Waals surface area contributed by atoms with Gasteiger partial charge in [0.05, 0.1) is 11.7 Å². The number of nitrogens with one attached hydrogen (secondary N) is 1. The van der Waals surface area contributed by atoms with Crippen molar-refractivity contribution in [1.29, 1.82) is 0 Å². The van der Waals surface area contributed by atoms with Gasteiger partial charge in [0, 0.05) is 0 Å². The maximum atomic E-state index is 6.07. The molecule has 1 N–H and O–H groups in total. The number of fused-ring (bicyclic) bond motifs is 1. The Morgan fingerprint density at radius 2 is 2.12 bits per heavy atom. The second kappa shape index (κ2) is 4.77. The molecule has 0 fully saturated rings. The van der Waals surface area contributed by atoms with Crippen LogP contribution in [0.2, 0.25) is 0 Å². The number of anilines is 1. The van der Waals surface area contributed by atoms with E-state index in [2.05, 4.69) is 44.3 Å². The Morgan fingerprint density at radius 1 is 1.31 bits per heavy atom. The molecule has 1 aliphatic heterocycles. The minimum atomic E-state index is 0.324. The lowest BCUT2D eigenvalue weighted by Gasteiger charge is -2.34. The van der Waals surface area contributed by atoms with Crippen molar-refractivity contribution in [3.05, 3.63) is 23.8 Å². The topological polar surface area (TPSA) is 21.3 Å². The average molecular weight is 219 g/mol. The van der Waals surface area contributed by atoms with E-state index in [-0.39, 0.29) is 0 Å². The highest BCUT2D eigenvalue weighted by atomic mass is 16.5. The highest BCUT2D eigenvalue weighted by molar-refractivity contribution is 5.60. The summed E-state index contributed by atoms with van der Waals surface area (Å²) in [6, 6.07) is 6.80. The number of ether oxygens (including phenoxy) is 1. The van der Waals surface area contributed by atoms with E-state index in [1.54, 1.807) is 0 Å². The van der Waals surface area contributed by atoms with Crippen molar-refractivity contribution in [2.75, 3.05) is 5.32 Å². The summed E-state index contributed by atoms with van der Waals surface area (Å²) in [5.74, 6) is 1.01. The molecule has 0 saturated carbocycles. The standard InChI is InChI=1S/C14H21NO/c1-4-6-13-11(5-2)15-12-9-10(3)7-8-14(12)16-13/h7-9,11,13,15H,4-6H2,1-3H3. The average Bonchev–Trinajstić information content (AvgIpc) is 2.29. The van der Waals surface area contributed by atoms with Crippen LogP contribution in [0.3, 0.4) is 0 Å². The summed E-state index contributed by atoms with van der Waals surface area (Å²) in [5, 5.41) is 3.60. The van der Waals surface area contributed by atoms with Gasteiger partial charge in [-0.15, -0.1) is 0 Å². The number of hydrogen-bond acceptors (Lipinski definition) is 2. The van der Waals surface area contributed by atoms with Crippen LogP contribution < -0.4 is 10.1 Å². The van der Waals surface area contributed by atoms with Crippen LogP contribution in [-0.2, 0) is 0 Å². The molecule has 1 aromatic rings. The maximum Gasteiger partial charge on any atom is 0.142 e. The lowest BCUT2D eigenvalue weighted by atomic mass is 10.0. The van der Waals surface area contributed by atoms with Crippen molar-refractivity contribution in [3.8, 4) is 5.75 Å². The van der Waals surface area contributed by atoms with E-state index >= 15 is 0 Å². The zero-order chi connectivity index (χ0) is 11.5. The SMILES string of the molecule is CCCC1Oc2ccc(C)cc2NC1CC. The lowest BCUT2D eigenvalue weighted by Crippen LogP contribution is -2.40. The number of benzene rings is 1. The van der Waals surface area contributed by atoms with Gasteiger partial charge < -0.3 is 10.1 Å². The van der Waals surface area contributed by atoms with E-state index in [9.17, 15) is 0 Å². The molecular weight excluding hydrogens is 198 g/mol. The van der Waals surface area contributed by atoms with Crippen LogP contribution in [0.4, 0.5) is 5.69 Å². The van der Waals surface area contributed by atoms with Gasteiger partial charge in [-0.2, -0.15) is 0 Å². The zero-order valence-electron chi connectivity index (χ0n) is 10.4. The third-order valence-electron chi connectivity index (χ3n) is 3.22. The Morgan fingerprint density at radius 3 is 2.81 bits per heavy atom. The Kier molecular flexibility index (Phi) is 3.37. The van der Waals surface area contributed by atoms with Crippen LogP contribution >= 0.6 is 0 Å². The predicted molar refractivity (Wildman–Crippen MR) is 68.2 cm³/mol. The van der Waals surface area contributed by atoms with Crippen molar-refractivity contribution in [2.45, 2.75) is 52.2 Å². The molecule has 2 heteroatoms. The molecule has 0 bridgehead atoms. The van der Waals surface area contributed by atoms with E-state index in [1.807, 2.05) is 0 Å². The first kappa shape index (κ1) is 11.3. The van der Waals surface area contributed by atoms with Crippen molar-refractivity contribution in [1.82, 2.24) is 0 Å². The normalized spacial score (nSPS) is 23.2. The molecule has 16 heavy (non-hydrogen) atoms. The molecule has 1 heterocycles. The molecular formula is C14H21NO. The van der Waals surface area contributed by atoms with E-state index in [0.29, 0.717) is 12.1 Å². The Bertz CT molecular complexity index is 362. The largest absolute Gasteiger partial charge is 0.486 e. The fourth-order valence-corrected chi connectivity index (χ4v) is 2.31. The number of aryl methyl sites for hydroxylation is 1. The fraction of sp³-hybridized carbons (Fsp3) is 0.571. The summed E-state index contributed by atoms with van der Waals surface area (Å²) in [7, 11) is 0. The van der Waals surface area contributed by atoms with Crippen LogP contribution in [0.5, 0.6) is 5.75 Å². The molecule has 1 aliphatic rings. The summed E-state index contributed by atoms with van der Waals surface area (Å²) in [6.45, 7) is 6.53. The second-order valence-electron chi connectivity index (χ2n) is 4.60. The molecule has 2 nitrogen and oxygen atoms in total. The minimum Gasteiger partial charge on any atom is -0.486 e. The highest BCUT2D eigenvalue weighted by Crippen LogP contribution is 2.34. The first-order chi connectivity index (χ1) is 7.74. The smallest absolute Gasteiger partial charge is 0.142 e. The third-order valence-corrected chi connectivity index (χ3v) is 3.22. The molecule has 0 spiro atoms. The molecule has 0 aromatic heterocycles.